The van der Waals surface area contributed by atoms with Crippen LogP contribution in [0.1, 0.15) is 33.6 Å². The minimum absolute atomic E-state index is 0.00174. The number of rotatable bonds is 7. The van der Waals surface area contributed by atoms with Crippen LogP contribution in [0.25, 0.3) is 0 Å². The number of hydrogen-bond donors (Lipinski definition) is 2. The maximum atomic E-state index is 12.5. The van der Waals surface area contributed by atoms with Crippen LogP contribution in [0.15, 0.2) is 53.7 Å². The summed E-state index contributed by atoms with van der Waals surface area (Å²) in [5.74, 6) is -0.964. The Bertz CT molecular complexity index is 1110. The van der Waals surface area contributed by atoms with Crippen molar-refractivity contribution in [3.63, 3.8) is 0 Å². The molecule has 0 radical (unpaired) electrons. The van der Waals surface area contributed by atoms with Crippen LogP contribution in [0, 0.1) is 0 Å². The normalized spacial score (nSPS) is 14.7. The molecule has 1 aromatic heterocycles. The zero-order valence-electron chi connectivity index (χ0n) is 18.5. The minimum atomic E-state index is -3.67. The van der Waals surface area contributed by atoms with Gasteiger partial charge in [-0.15, -0.1) is 0 Å². The molecule has 1 aliphatic rings. The molecule has 0 spiro atoms. The van der Waals surface area contributed by atoms with E-state index in [9.17, 15) is 22.8 Å². The van der Waals surface area contributed by atoms with Gasteiger partial charge in [-0.05, 0) is 43.2 Å². The van der Waals surface area contributed by atoms with Gasteiger partial charge in [-0.25, -0.2) is 12.7 Å². The summed E-state index contributed by atoms with van der Waals surface area (Å²) in [5.41, 5.74) is 0.642. The van der Waals surface area contributed by atoms with Gasteiger partial charge in [-0.3, -0.25) is 19.4 Å². The minimum Gasteiger partial charge on any atom is -0.349 e. The van der Waals surface area contributed by atoms with E-state index in [2.05, 4.69) is 15.6 Å². The second-order valence-electron chi connectivity index (χ2n) is 7.87. The van der Waals surface area contributed by atoms with Gasteiger partial charge in [-0.1, -0.05) is 6.07 Å². The summed E-state index contributed by atoms with van der Waals surface area (Å²) >= 11 is 0. The molecule has 0 saturated carbocycles. The van der Waals surface area contributed by atoms with E-state index in [1.807, 2.05) is 0 Å². The lowest BCUT2D eigenvalue weighted by molar-refractivity contribution is -0.131. The highest BCUT2D eigenvalue weighted by atomic mass is 32.2. The molecule has 176 valence electrons. The fourth-order valence-electron chi connectivity index (χ4n) is 3.42. The molecular formula is C22H27N5O5S. The molecule has 2 N–H and O–H groups in total. The zero-order valence-corrected chi connectivity index (χ0v) is 19.3. The first kappa shape index (κ1) is 24.3. The number of carbonyl (C=O) groups excluding carboxylic acids is 3. The van der Waals surface area contributed by atoms with Gasteiger partial charge in [-0.2, -0.15) is 0 Å². The van der Waals surface area contributed by atoms with Crippen molar-refractivity contribution in [1.82, 2.24) is 24.8 Å². The third-order valence-corrected chi connectivity index (χ3v) is 7.19. The first-order valence-electron chi connectivity index (χ1n) is 10.5. The zero-order chi connectivity index (χ0) is 24.0. The number of pyridine rings is 1. The van der Waals surface area contributed by atoms with Gasteiger partial charge in [0.1, 0.15) is 0 Å². The number of nitrogens with zero attached hydrogens (tertiary/aromatic N) is 3. The summed E-state index contributed by atoms with van der Waals surface area (Å²) < 4.78 is 25.6. The highest BCUT2D eigenvalue weighted by Gasteiger charge is 2.25. The van der Waals surface area contributed by atoms with Crippen LogP contribution in [0.2, 0.25) is 0 Å². The second kappa shape index (κ2) is 10.5. The number of sulfonamides is 1. The number of nitrogens with one attached hydrogen (secondary N) is 2. The Morgan fingerprint density at radius 2 is 1.76 bits per heavy atom. The van der Waals surface area contributed by atoms with E-state index in [0.717, 1.165) is 4.31 Å². The molecule has 1 fully saturated rings. The molecular weight excluding hydrogens is 446 g/mol. The summed E-state index contributed by atoms with van der Waals surface area (Å²) in [7, 11) is -0.846. The molecule has 10 nitrogen and oxygen atoms in total. The van der Waals surface area contributed by atoms with Gasteiger partial charge in [0.2, 0.25) is 15.9 Å². The third kappa shape index (κ3) is 6.14. The van der Waals surface area contributed by atoms with Gasteiger partial charge in [0.15, 0.2) is 0 Å². The van der Waals surface area contributed by atoms with Crippen LogP contribution < -0.4 is 10.6 Å². The Hall–Kier alpha value is -3.31. The van der Waals surface area contributed by atoms with E-state index in [4.69, 9.17) is 0 Å². The lowest BCUT2D eigenvalue weighted by Gasteiger charge is -2.32. The van der Waals surface area contributed by atoms with Gasteiger partial charge in [0.25, 0.3) is 11.8 Å². The van der Waals surface area contributed by atoms with E-state index in [-0.39, 0.29) is 34.9 Å². The predicted octanol–water partition coefficient (Wildman–Crippen LogP) is 0.483. The number of aromatic nitrogens is 1. The van der Waals surface area contributed by atoms with Crippen molar-refractivity contribution in [2.45, 2.75) is 23.8 Å². The molecule has 33 heavy (non-hydrogen) atoms. The fraction of sp³-hybridized carbons (Fsp3) is 0.364. The Morgan fingerprint density at radius 1 is 1.06 bits per heavy atom. The highest BCUT2D eigenvalue weighted by Crippen LogP contribution is 2.15. The molecule has 0 bridgehead atoms. The number of benzene rings is 1. The first-order valence-corrected chi connectivity index (χ1v) is 11.9. The second-order valence-corrected chi connectivity index (χ2v) is 10.0. The SMILES string of the molecule is CN(C)S(=O)(=O)c1cccc(C(=O)NCC(=O)N2CCC(NC(=O)c3cccnc3)CC2)c1. The van der Waals surface area contributed by atoms with E-state index in [0.29, 0.717) is 31.5 Å². The van der Waals surface area contributed by atoms with Crippen molar-refractivity contribution in [2.24, 2.45) is 0 Å². The molecule has 1 aliphatic heterocycles. The molecule has 1 saturated heterocycles. The van der Waals surface area contributed by atoms with Gasteiger partial charge < -0.3 is 15.5 Å². The molecule has 1 aromatic carbocycles. The topological polar surface area (TPSA) is 129 Å². The average molecular weight is 474 g/mol. The largest absolute Gasteiger partial charge is 0.349 e. The lowest BCUT2D eigenvalue weighted by atomic mass is 10.0. The molecule has 3 rings (SSSR count). The Kier molecular flexibility index (Phi) is 7.77. The first-order chi connectivity index (χ1) is 15.7. The highest BCUT2D eigenvalue weighted by molar-refractivity contribution is 7.89. The smallest absolute Gasteiger partial charge is 0.253 e. The number of piperidine rings is 1. The summed E-state index contributed by atoms with van der Waals surface area (Å²) in [6.45, 7) is 0.725. The fourth-order valence-corrected chi connectivity index (χ4v) is 4.37. The summed E-state index contributed by atoms with van der Waals surface area (Å²) in [6.07, 6.45) is 4.32. The summed E-state index contributed by atoms with van der Waals surface area (Å²) in [4.78, 5) is 42.8. The third-order valence-electron chi connectivity index (χ3n) is 5.38. The number of amides is 3. The molecule has 3 amide bonds. The average Bonchev–Trinajstić information content (AvgIpc) is 2.83. The molecule has 0 unspecified atom stereocenters. The monoisotopic (exact) mass is 473 g/mol. The van der Waals surface area contributed by atoms with Crippen LogP contribution in [0.3, 0.4) is 0 Å². The van der Waals surface area contributed by atoms with Crippen LogP contribution in [0.4, 0.5) is 0 Å². The van der Waals surface area contributed by atoms with Gasteiger partial charge >= 0.3 is 0 Å². The lowest BCUT2D eigenvalue weighted by Crippen LogP contribution is -2.49. The van der Waals surface area contributed by atoms with E-state index in [1.165, 1.54) is 44.6 Å². The molecule has 11 heteroatoms. The van der Waals surface area contributed by atoms with Crippen molar-refractivity contribution in [1.29, 1.82) is 0 Å². The maximum absolute atomic E-state index is 12.5. The molecule has 0 aliphatic carbocycles. The number of hydrogen-bond acceptors (Lipinski definition) is 6. The number of likely N-dealkylation sites (tertiary alicyclic amines) is 1. The van der Waals surface area contributed by atoms with E-state index < -0.39 is 15.9 Å². The van der Waals surface area contributed by atoms with Crippen LogP contribution in [-0.2, 0) is 14.8 Å². The Balaban J connectivity index is 1.48. The van der Waals surface area contributed by atoms with Crippen molar-refractivity contribution in [3.8, 4) is 0 Å². The van der Waals surface area contributed by atoms with Gasteiger partial charge in [0, 0.05) is 51.2 Å². The van der Waals surface area contributed by atoms with Crippen molar-refractivity contribution >= 4 is 27.7 Å². The summed E-state index contributed by atoms with van der Waals surface area (Å²) in [6, 6.07) is 9.01. The quantitative estimate of drug-likeness (QED) is 0.602. The van der Waals surface area contributed by atoms with E-state index in [1.54, 1.807) is 23.2 Å². The Morgan fingerprint density at radius 3 is 2.39 bits per heavy atom. The predicted molar refractivity (Wildman–Crippen MR) is 121 cm³/mol. The van der Waals surface area contributed by atoms with Crippen LogP contribution in [-0.4, -0.2) is 80.1 Å². The molecule has 2 aromatic rings. The standard InChI is InChI=1S/C22H27N5O5S/c1-26(2)33(31,32)19-7-3-5-16(13-19)21(29)24-15-20(28)27-11-8-18(9-12-27)25-22(30)17-6-4-10-23-14-17/h3-7,10,13-14,18H,8-9,11-12,15H2,1-2H3,(H,24,29)(H,25,30). The van der Waals surface area contributed by atoms with Crippen LogP contribution >= 0.6 is 0 Å². The molecule has 0 atom stereocenters. The van der Waals surface area contributed by atoms with Crippen molar-refractivity contribution in [2.75, 3.05) is 33.7 Å². The Labute approximate surface area is 193 Å². The van der Waals surface area contributed by atoms with Crippen LogP contribution in [0.5, 0.6) is 0 Å². The van der Waals surface area contributed by atoms with Gasteiger partial charge in [0.05, 0.1) is 17.0 Å². The van der Waals surface area contributed by atoms with Crippen molar-refractivity contribution < 1.29 is 22.8 Å². The molecule has 2 heterocycles. The summed E-state index contributed by atoms with van der Waals surface area (Å²) in [5, 5.41) is 5.51. The maximum Gasteiger partial charge on any atom is 0.253 e. The van der Waals surface area contributed by atoms with E-state index >= 15 is 0 Å². The number of carbonyl (C=O) groups is 3. The van der Waals surface area contributed by atoms with Crippen molar-refractivity contribution in [3.05, 3.63) is 59.9 Å².